The normalized spacial score (nSPS) is 10.3. The zero-order valence-electron chi connectivity index (χ0n) is 12.6. The Hall–Kier alpha value is -3.40. The molecule has 0 heterocycles. The molecule has 0 spiro atoms. The molecule has 118 valence electrons. The van der Waals surface area contributed by atoms with Crippen molar-refractivity contribution in [3.63, 3.8) is 0 Å². The average Bonchev–Trinajstić information content (AvgIpc) is 2.61. The maximum absolute atomic E-state index is 11.7. The summed E-state index contributed by atoms with van der Waals surface area (Å²) in [6.45, 7) is 0. The van der Waals surface area contributed by atoms with Crippen molar-refractivity contribution >= 4 is 11.9 Å². The molecule has 0 N–H and O–H groups in total. The molecule has 0 bridgehead atoms. The van der Waals surface area contributed by atoms with E-state index in [4.69, 9.17) is 0 Å². The van der Waals surface area contributed by atoms with Crippen LogP contribution in [0.5, 0.6) is 0 Å². The van der Waals surface area contributed by atoms with E-state index in [1.807, 2.05) is 30.3 Å². The predicted octanol–water partition coefficient (Wildman–Crippen LogP) is 1.75. The third kappa shape index (κ3) is 2.77. The van der Waals surface area contributed by atoms with Gasteiger partial charge in [-0.3, -0.25) is 0 Å². The SMILES string of the molecule is O=C([O-])c1ccc(-c2ccccc2)c(-c2ccccc2)c1C(=O)[O-]. The first kappa shape index (κ1) is 15.5. The average molecular weight is 316 g/mol. The number of carboxylic acid groups (broad SMARTS) is 2. The van der Waals surface area contributed by atoms with E-state index >= 15 is 0 Å². The molecule has 3 aromatic carbocycles. The van der Waals surface area contributed by atoms with Crippen LogP contribution in [0, 0.1) is 0 Å². The number of carbonyl (C=O) groups excluding carboxylic acids is 2. The zero-order valence-corrected chi connectivity index (χ0v) is 12.6. The summed E-state index contributed by atoms with van der Waals surface area (Å²) in [6, 6.07) is 20.8. The van der Waals surface area contributed by atoms with Gasteiger partial charge in [-0.15, -0.1) is 0 Å². The number of rotatable bonds is 4. The van der Waals surface area contributed by atoms with Crippen molar-refractivity contribution in [1.29, 1.82) is 0 Å². The Morgan fingerprint density at radius 1 is 0.625 bits per heavy atom. The number of hydrogen-bond acceptors (Lipinski definition) is 4. The Kier molecular flexibility index (Phi) is 4.12. The van der Waals surface area contributed by atoms with Crippen LogP contribution in [-0.2, 0) is 0 Å². The highest BCUT2D eigenvalue weighted by molar-refractivity contribution is 6.08. The van der Waals surface area contributed by atoms with Gasteiger partial charge in [0.2, 0.25) is 0 Å². The Morgan fingerprint density at radius 3 is 1.67 bits per heavy atom. The molecule has 0 aliphatic rings. The van der Waals surface area contributed by atoms with Crippen LogP contribution in [0.1, 0.15) is 20.7 Å². The second kappa shape index (κ2) is 6.38. The molecule has 0 atom stereocenters. The van der Waals surface area contributed by atoms with Gasteiger partial charge in [0.05, 0.1) is 11.9 Å². The molecule has 3 aromatic rings. The van der Waals surface area contributed by atoms with Gasteiger partial charge < -0.3 is 19.8 Å². The maximum Gasteiger partial charge on any atom is 0.0728 e. The van der Waals surface area contributed by atoms with Crippen LogP contribution in [0.3, 0.4) is 0 Å². The van der Waals surface area contributed by atoms with Crippen molar-refractivity contribution in [2.75, 3.05) is 0 Å². The van der Waals surface area contributed by atoms with Gasteiger partial charge in [-0.05, 0) is 22.3 Å². The lowest BCUT2D eigenvalue weighted by molar-refractivity contribution is -0.259. The molecular formula is C20H12O4-2. The summed E-state index contributed by atoms with van der Waals surface area (Å²) in [5.41, 5.74) is 1.54. The van der Waals surface area contributed by atoms with E-state index in [-0.39, 0.29) is 5.56 Å². The lowest BCUT2D eigenvalue weighted by Gasteiger charge is -2.20. The zero-order chi connectivity index (χ0) is 17.1. The van der Waals surface area contributed by atoms with Gasteiger partial charge in [-0.1, -0.05) is 72.8 Å². The molecule has 24 heavy (non-hydrogen) atoms. The molecule has 0 amide bonds. The minimum absolute atomic E-state index is 0.309. The smallest absolute Gasteiger partial charge is 0.0728 e. The fourth-order valence-electron chi connectivity index (χ4n) is 2.75. The third-order valence-corrected chi connectivity index (χ3v) is 3.78. The molecule has 0 saturated heterocycles. The van der Waals surface area contributed by atoms with Gasteiger partial charge in [0.25, 0.3) is 0 Å². The molecule has 0 saturated carbocycles. The predicted molar refractivity (Wildman–Crippen MR) is 86.0 cm³/mol. The molecule has 0 radical (unpaired) electrons. The second-order valence-corrected chi connectivity index (χ2v) is 5.22. The summed E-state index contributed by atoms with van der Waals surface area (Å²) in [4.78, 5) is 23.1. The van der Waals surface area contributed by atoms with Crippen molar-refractivity contribution in [2.45, 2.75) is 0 Å². The molecule has 3 rings (SSSR count). The minimum atomic E-state index is -1.55. The number of benzene rings is 3. The van der Waals surface area contributed by atoms with Crippen molar-refractivity contribution < 1.29 is 19.8 Å². The maximum atomic E-state index is 11.7. The lowest BCUT2D eigenvalue weighted by atomic mass is 9.87. The van der Waals surface area contributed by atoms with Gasteiger partial charge in [0.1, 0.15) is 0 Å². The van der Waals surface area contributed by atoms with Gasteiger partial charge in [0.15, 0.2) is 0 Å². The number of carbonyl (C=O) groups is 2. The quantitative estimate of drug-likeness (QED) is 0.734. The topological polar surface area (TPSA) is 80.3 Å². The summed E-state index contributed by atoms with van der Waals surface area (Å²) in [7, 11) is 0. The van der Waals surface area contributed by atoms with Crippen LogP contribution in [0.15, 0.2) is 72.8 Å². The largest absolute Gasteiger partial charge is 0.545 e. The molecule has 0 fully saturated rings. The van der Waals surface area contributed by atoms with Crippen LogP contribution in [-0.4, -0.2) is 11.9 Å². The fraction of sp³-hybridized carbons (Fsp3) is 0. The molecular weight excluding hydrogens is 304 g/mol. The third-order valence-electron chi connectivity index (χ3n) is 3.78. The molecule has 0 aliphatic heterocycles. The Balaban J connectivity index is 2.42. The summed E-state index contributed by atoms with van der Waals surface area (Å²) in [6.07, 6.45) is 0. The first-order valence-corrected chi connectivity index (χ1v) is 7.30. The highest BCUT2D eigenvalue weighted by Gasteiger charge is 2.17. The van der Waals surface area contributed by atoms with Gasteiger partial charge in [-0.25, -0.2) is 0 Å². The van der Waals surface area contributed by atoms with Crippen molar-refractivity contribution in [3.8, 4) is 22.3 Å². The first-order valence-electron chi connectivity index (χ1n) is 7.30. The van der Waals surface area contributed by atoms with Gasteiger partial charge in [0, 0.05) is 11.1 Å². The van der Waals surface area contributed by atoms with Crippen molar-refractivity contribution in [3.05, 3.63) is 83.9 Å². The summed E-state index contributed by atoms with van der Waals surface area (Å²) in [5, 5.41) is 23.1. The number of hydrogen-bond donors (Lipinski definition) is 0. The highest BCUT2D eigenvalue weighted by atomic mass is 16.4. The Morgan fingerprint density at radius 2 is 1.17 bits per heavy atom. The van der Waals surface area contributed by atoms with E-state index in [9.17, 15) is 19.8 Å². The van der Waals surface area contributed by atoms with E-state index in [0.717, 1.165) is 5.56 Å². The van der Waals surface area contributed by atoms with E-state index in [1.165, 1.54) is 6.07 Å². The van der Waals surface area contributed by atoms with Crippen LogP contribution >= 0.6 is 0 Å². The van der Waals surface area contributed by atoms with Gasteiger partial charge in [-0.2, -0.15) is 0 Å². The highest BCUT2D eigenvalue weighted by Crippen LogP contribution is 2.36. The van der Waals surface area contributed by atoms with E-state index in [2.05, 4.69) is 0 Å². The van der Waals surface area contributed by atoms with Crippen LogP contribution in [0.2, 0.25) is 0 Å². The van der Waals surface area contributed by atoms with Crippen LogP contribution < -0.4 is 10.2 Å². The molecule has 0 unspecified atom stereocenters. The van der Waals surface area contributed by atoms with Crippen molar-refractivity contribution in [2.24, 2.45) is 0 Å². The number of aromatic carboxylic acids is 2. The Labute approximate surface area is 138 Å². The monoisotopic (exact) mass is 316 g/mol. The van der Waals surface area contributed by atoms with Crippen LogP contribution in [0.25, 0.3) is 22.3 Å². The van der Waals surface area contributed by atoms with E-state index < -0.39 is 17.5 Å². The van der Waals surface area contributed by atoms with E-state index in [0.29, 0.717) is 16.7 Å². The van der Waals surface area contributed by atoms with Gasteiger partial charge >= 0.3 is 0 Å². The van der Waals surface area contributed by atoms with Crippen LogP contribution in [0.4, 0.5) is 0 Å². The summed E-state index contributed by atoms with van der Waals surface area (Å²) < 4.78 is 0. The molecule has 4 heteroatoms. The second-order valence-electron chi connectivity index (χ2n) is 5.22. The molecule has 0 aliphatic carbocycles. The lowest BCUT2D eigenvalue weighted by Crippen LogP contribution is -2.31. The van der Waals surface area contributed by atoms with Crippen molar-refractivity contribution in [1.82, 2.24) is 0 Å². The molecule has 4 nitrogen and oxygen atoms in total. The number of carboxylic acids is 2. The van der Waals surface area contributed by atoms with E-state index in [1.54, 1.807) is 36.4 Å². The molecule has 0 aromatic heterocycles. The first-order chi connectivity index (χ1) is 11.6. The summed E-state index contributed by atoms with van der Waals surface area (Å²) >= 11 is 0. The summed E-state index contributed by atoms with van der Waals surface area (Å²) in [5.74, 6) is -3.10. The standard InChI is InChI=1S/C20H14O4/c21-19(22)16-12-11-15(13-7-3-1-4-8-13)17(18(16)20(23)24)14-9-5-2-6-10-14/h1-12H,(H,21,22)(H,23,24)/p-2. The fourth-order valence-corrected chi connectivity index (χ4v) is 2.75. The minimum Gasteiger partial charge on any atom is -0.545 e. The Bertz CT molecular complexity index is 900.